The van der Waals surface area contributed by atoms with Gasteiger partial charge < -0.3 is 10.1 Å². The Hall–Kier alpha value is -4.26. The van der Waals surface area contributed by atoms with Gasteiger partial charge in [-0.25, -0.2) is 4.79 Å². The predicted molar refractivity (Wildman–Crippen MR) is 130 cm³/mol. The Bertz CT molecular complexity index is 1350. The second-order valence-electron chi connectivity index (χ2n) is 8.02. The fourth-order valence-electron chi connectivity index (χ4n) is 3.70. The van der Waals surface area contributed by atoms with Crippen LogP contribution in [0.5, 0.6) is 0 Å². The summed E-state index contributed by atoms with van der Waals surface area (Å²) in [7, 11) is 0. The molecule has 34 heavy (non-hydrogen) atoms. The van der Waals surface area contributed by atoms with Crippen LogP contribution in [0, 0.1) is 0 Å². The van der Waals surface area contributed by atoms with E-state index >= 15 is 0 Å². The first-order valence-corrected chi connectivity index (χ1v) is 11.1. The topological polar surface area (TPSA) is 90.3 Å². The first kappa shape index (κ1) is 22.9. The van der Waals surface area contributed by atoms with Crippen LogP contribution in [0.1, 0.15) is 29.4 Å². The number of benzene rings is 3. The number of nitrogens with one attached hydrogen (secondary N) is 1. The molecule has 0 saturated carbocycles. The lowest BCUT2D eigenvalue weighted by atomic mass is 10.1. The second-order valence-corrected chi connectivity index (χ2v) is 8.02. The van der Waals surface area contributed by atoms with Crippen LogP contribution in [-0.2, 0) is 16.0 Å². The number of carbonyl (C=O) groups is 2. The molecule has 172 valence electrons. The monoisotopic (exact) mass is 455 g/mol. The fourth-order valence-corrected chi connectivity index (χ4v) is 3.70. The number of amides is 1. The molecule has 1 amide bonds. The average Bonchev–Trinajstić information content (AvgIpc) is 2.87. The summed E-state index contributed by atoms with van der Waals surface area (Å²) >= 11 is 0. The fraction of sp³-hybridized carbons (Fsp3) is 0.185. The zero-order valence-electron chi connectivity index (χ0n) is 18.8. The summed E-state index contributed by atoms with van der Waals surface area (Å²) in [6, 6.07) is 25.5. The first-order valence-electron chi connectivity index (χ1n) is 11.1. The van der Waals surface area contributed by atoms with Gasteiger partial charge in [-0.2, -0.15) is 9.78 Å². The molecule has 7 heteroatoms. The molecule has 1 atom stereocenters. The van der Waals surface area contributed by atoms with E-state index in [-0.39, 0.29) is 17.3 Å². The van der Waals surface area contributed by atoms with E-state index in [2.05, 4.69) is 10.4 Å². The van der Waals surface area contributed by atoms with Gasteiger partial charge in [-0.3, -0.25) is 9.59 Å². The molecule has 4 rings (SSSR count). The summed E-state index contributed by atoms with van der Waals surface area (Å²) < 4.78 is 6.43. The summed E-state index contributed by atoms with van der Waals surface area (Å²) in [6.07, 6.45) is 1.59. The van der Waals surface area contributed by atoms with Crippen molar-refractivity contribution in [2.45, 2.75) is 25.8 Å². The summed E-state index contributed by atoms with van der Waals surface area (Å²) in [4.78, 5) is 38.2. The summed E-state index contributed by atoms with van der Waals surface area (Å²) in [5.74, 6) is -1.16. The van der Waals surface area contributed by atoms with E-state index in [4.69, 9.17) is 4.74 Å². The van der Waals surface area contributed by atoms with Gasteiger partial charge in [-0.15, -0.1) is 0 Å². The standard InChI is InChI=1S/C27H25N3O4/c1-19(16-17-20-10-4-2-5-11-20)28-24(31)18-34-27(33)25-22-14-8-9-15-23(22)26(32)30(29-25)21-12-6-3-7-13-21/h2-15,19H,16-18H2,1H3,(H,28,31). The van der Waals surface area contributed by atoms with Gasteiger partial charge in [-0.05, 0) is 43.5 Å². The molecule has 1 N–H and O–H groups in total. The van der Waals surface area contributed by atoms with Gasteiger partial charge in [0.25, 0.3) is 11.5 Å². The average molecular weight is 456 g/mol. The minimum absolute atomic E-state index is 0.0241. The van der Waals surface area contributed by atoms with E-state index < -0.39 is 18.5 Å². The third-order valence-electron chi connectivity index (χ3n) is 5.45. The largest absolute Gasteiger partial charge is 0.451 e. The molecule has 0 aliphatic carbocycles. The minimum atomic E-state index is -0.770. The molecule has 0 aliphatic heterocycles. The number of aromatic nitrogens is 2. The van der Waals surface area contributed by atoms with Crippen molar-refractivity contribution in [2.24, 2.45) is 0 Å². The van der Waals surface area contributed by atoms with Gasteiger partial charge in [0.2, 0.25) is 0 Å². The highest BCUT2D eigenvalue weighted by Gasteiger charge is 2.20. The minimum Gasteiger partial charge on any atom is -0.451 e. The van der Waals surface area contributed by atoms with Gasteiger partial charge in [0.05, 0.1) is 11.1 Å². The first-order chi connectivity index (χ1) is 16.5. The predicted octanol–water partition coefficient (Wildman–Crippen LogP) is 3.68. The van der Waals surface area contributed by atoms with Crippen molar-refractivity contribution in [3.8, 4) is 5.69 Å². The highest BCUT2D eigenvalue weighted by Crippen LogP contribution is 2.16. The number of esters is 1. The van der Waals surface area contributed by atoms with Crippen molar-refractivity contribution in [2.75, 3.05) is 6.61 Å². The quantitative estimate of drug-likeness (QED) is 0.410. The third-order valence-corrected chi connectivity index (χ3v) is 5.45. The lowest BCUT2D eigenvalue weighted by Crippen LogP contribution is -2.36. The van der Waals surface area contributed by atoms with Gasteiger partial charge in [0, 0.05) is 11.4 Å². The maximum atomic E-state index is 12.9. The molecular formula is C27H25N3O4. The Morgan fingerprint density at radius 1 is 0.912 bits per heavy atom. The Morgan fingerprint density at radius 3 is 2.24 bits per heavy atom. The van der Waals surface area contributed by atoms with Crippen molar-refractivity contribution in [3.63, 3.8) is 0 Å². The normalized spacial score (nSPS) is 11.7. The summed E-state index contributed by atoms with van der Waals surface area (Å²) in [5, 5.41) is 7.84. The van der Waals surface area contributed by atoms with Gasteiger partial charge >= 0.3 is 5.97 Å². The van der Waals surface area contributed by atoms with Crippen LogP contribution in [0.2, 0.25) is 0 Å². The summed E-state index contributed by atoms with van der Waals surface area (Å²) in [5.41, 5.74) is 1.35. The Labute approximate surface area is 197 Å². The molecule has 0 aliphatic rings. The Kier molecular flexibility index (Phi) is 7.13. The molecule has 0 saturated heterocycles. The van der Waals surface area contributed by atoms with E-state index in [1.165, 1.54) is 10.2 Å². The number of hydrogen-bond acceptors (Lipinski definition) is 5. The highest BCUT2D eigenvalue weighted by atomic mass is 16.5. The van der Waals surface area contributed by atoms with Crippen LogP contribution < -0.4 is 10.9 Å². The molecular weight excluding hydrogens is 430 g/mol. The Morgan fingerprint density at radius 2 is 1.53 bits per heavy atom. The van der Waals surface area contributed by atoms with E-state index in [0.29, 0.717) is 16.5 Å². The molecule has 0 spiro atoms. The molecule has 7 nitrogen and oxygen atoms in total. The van der Waals surface area contributed by atoms with Crippen molar-refractivity contribution in [1.29, 1.82) is 0 Å². The van der Waals surface area contributed by atoms with Crippen molar-refractivity contribution >= 4 is 22.6 Å². The molecule has 0 radical (unpaired) electrons. The van der Waals surface area contributed by atoms with Gasteiger partial charge in [0.15, 0.2) is 12.3 Å². The molecule has 0 bridgehead atoms. The number of nitrogens with zero attached hydrogens (tertiary/aromatic N) is 2. The highest BCUT2D eigenvalue weighted by molar-refractivity contribution is 6.02. The number of ether oxygens (including phenoxy) is 1. The molecule has 0 fully saturated rings. The number of fused-ring (bicyclic) bond motifs is 1. The zero-order chi connectivity index (χ0) is 23.9. The Balaban J connectivity index is 1.45. The second kappa shape index (κ2) is 10.6. The number of hydrogen-bond donors (Lipinski definition) is 1. The van der Waals surface area contributed by atoms with Crippen LogP contribution in [0.15, 0.2) is 89.7 Å². The van der Waals surface area contributed by atoms with Gasteiger partial charge in [0.1, 0.15) is 0 Å². The maximum absolute atomic E-state index is 12.9. The number of para-hydroxylation sites is 1. The maximum Gasteiger partial charge on any atom is 0.359 e. The lowest BCUT2D eigenvalue weighted by Gasteiger charge is -2.14. The summed E-state index contributed by atoms with van der Waals surface area (Å²) in [6.45, 7) is 1.47. The molecule has 1 unspecified atom stereocenters. The van der Waals surface area contributed by atoms with E-state index in [1.54, 1.807) is 48.5 Å². The zero-order valence-corrected chi connectivity index (χ0v) is 18.8. The van der Waals surface area contributed by atoms with E-state index in [1.807, 2.05) is 43.3 Å². The van der Waals surface area contributed by atoms with Crippen molar-refractivity contribution in [3.05, 3.63) is 107 Å². The smallest absolute Gasteiger partial charge is 0.359 e. The third kappa shape index (κ3) is 5.38. The van der Waals surface area contributed by atoms with Crippen LogP contribution in [0.4, 0.5) is 0 Å². The van der Waals surface area contributed by atoms with Crippen molar-refractivity contribution in [1.82, 2.24) is 15.1 Å². The SMILES string of the molecule is CC(CCc1ccccc1)NC(=O)COC(=O)c1nn(-c2ccccc2)c(=O)c2ccccc12. The van der Waals surface area contributed by atoms with Crippen LogP contribution in [0.3, 0.4) is 0 Å². The molecule has 3 aromatic carbocycles. The van der Waals surface area contributed by atoms with Crippen LogP contribution >= 0.6 is 0 Å². The number of rotatable bonds is 8. The number of aryl methyl sites for hydroxylation is 1. The van der Waals surface area contributed by atoms with Crippen LogP contribution in [-0.4, -0.2) is 34.3 Å². The van der Waals surface area contributed by atoms with E-state index in [9.17, 15) is 14.4 Å². The number of carbonyl (C=O) groups excluding carboxylic acids is 2. The van der Waals surface area contributed by atoms with Crippen LogP contribution in [0.25, 0.3) is 16.5 Å². The molecule has 1 heterocycles. The van der Waals surface area contributed by atoms with Crippen molar-refractivity contribution < 1.29 is 14.3 Å². The van der Waals surface area contributed by atoms with E-state index in [0.717, 1.165) is 12.8 Å². The molecule has 4 aromatic rings. The van der Waals surface area contributed by atoms with Gasteiger partial charge in [-0.1, -0.05) is 66.7 Å². The lowest BCUT2D eigenvalue weighted by molar-refractivity contribution is -0.124. The molecule has 1 aromatic heterocycles.